The molecule has 2 aromatic carbocycles. The standard InChI is InChI=1S/C26H23Cl2N9O3/c1-34-13-18-11-20(3-4-21(18)32-34)30-26(38)24(10-17-6-8-29-9-7-17)37-16-39-36(15-40-37)23-12-19(27)2-5-22(23)35-14-25(28)31-33-35/h2-9,11-14,24H,10,15-16H2,1H3,(H,30,38). The van der Waals surface area contributed by atoms with Crippen LogP contribution in [0.25, 0.3) is 16.6 Å². The number of aryl methyl sites for hydroxylation is 1. The summed E-state index contributed by atoms with van der Waals surface area (Å²) in [6, 6.07) is 13.8. The number of pyridine rings is 1. The van der Waals surface area contributed by atoms with Crippen molar-refractivity contribution in [2.24, 2.45) is 7.05 Å². The smallest absolute Gasteiger partial charge is 0.244 e. The van der Waals surface area contributed by atoms with Crippen LogP contribution in [0.3, 0.4) is 0 Å². The van der Waals surface area contributed by atoms with E-state index < -0.39 is 6.04 Å². The van der Waals surface area contributed by atoms with E-state index in [0.29, 0.717) is 28.5 Å². The fraction of sp³-hybridized carbons (Fsp3) is 0.192. The van der Waals surface area contributed by atoms with E-state index in [0.717, 1.165) is 16.5 Å². The number of aromatic nitrogens is 6. The third kappa shape index (κ3) is 5.62. The van der Waals surface area contributed by atoms with Crippen molar-refractivity contribution in [3.8, 4) is 5.69 Å². The normalized spacial score (nSPS) is 14.9. The summed E-state index contributed by atoms with van der Waals surface area (Å²) in [5, 5.41) is 20.0. The molecule has 12 nitrogen and oxygen atoms in total. The number of rotatable bonds is 7. The van der Waals surface area contributed by atoms with Crippen LogP contribution in [-0.2, 0) is 27.9 Å². The number of nitrogens with zero attached hydrogens (tertiary/aromatic N) is 8. The Morgan fingerprint density at radius 3 is 2.62 bits per heavy atom. The van der Waals surface area contributed by atoms with Crippen LogP contribution in [0.2, 0.25) is 10.2 Å². The van der Waals surface area contributed by atoms with Crippen LogP contribution in [0.4, 0.5) is 11.4 Å². The van der Waals surface area contributed by atoms with E-state index in [4.69, 9.17) is 32.9 Å². The van der Waals surface area contributed by atoms with E-state index in [1.54, 1.807) is 41.5 Å². The largest absolute Gasteiger partial charge is 0.325 e. The van der Waals surface area contributed by atoms with Crippen molar-refractivity contribution in [1.29, 1.82) is 0 Å². The lowest BCUT2D eigenvalue weighted by molar-refractivity contribution is -0.279. The van der Waals surface area contributed by atoms with Gasteiger partial charge in [0.1, 0.15) is 6.04 Å². The van der Waals surface area contributed by atoms with Gasteiger partial charge in [0.05, 0.1) is 23.1 Å². The van der Waals surface area contributed by atoms with Crippen molar-refractivity contribution in [1.82, 2.24) is 34.8 Å². The molecule has 1 saturated heterocycles. The van der Waals surface area contributed by atoms with Gasteiger partial charge in [-0.05, 0) is 60.5 Å². The first kappa shape index (κ1) is 26.2. The van der Waals surface area contributed by atoms with Gasteiger partial charge in [0, 0.05) is 41.7 Å². The molecular formula is C26H23Cl2N9O3. The molecule has 4 heterocycles. The minimum atomic E-state index is -0.706. The van der Waals surface area contributed by atoms with E-state index in [9.17, 15) is 4.79 Å². The highest BCUT2D eigenvalue weighted by molar-refractivity contribution is 6.31. The van der Waals surface area contributed by atoms with Gasteiger partial charge in [0.25, 0.3) is 0 Å². The van der Waals surface area contributed by atoms with E-state index in [1.807, 2.05) is 43.6 Å². The molecule has 6 rings (SSSR count). The van der Waals surface area contributed by atoms with E-state index in [-0.39, 0.29) is 24.5 Å². The van der Waals surface area contributed by atoms with Gasteiger partial charge >= 0.3 is 0 Å². The van der Waals surface area contributed by atoms with Crippen LogP contribution in [0.1, 0.15) is 5.56 Å². The van der Waals surface area contributed by atoms with E-state index in [2.05, 4.69) is 25.7 Å². The number of nitrogens with one attached hydrogen (secondary N) is 1. The second-order valence-electron chi connectivity index (χ2n) is 9.07. The van der Waals surface area contributed by atoms with Gasteiger partial charge in [-0.15, -0.1) is 10.2 Å². The molecule has 0 radical (unpaired) electrons. The Bertz CT molecular complexity index is 1650. The molecule has 1 atom stereocenters. The molecule has 1 fully saturated rings. The summed E-state index contributed by atoms with van der Waals surface area (Å²) in [5.41, 5.74) is 3.64. The van der Waals surface area contributed by atoms with Crippen LogP contribution in [0.15, 0.2) is 73.3 Å². The topological polar surface area (TPSA) is 115 Å². The Labute approximate surface area is 238 Å². The molecule has 1 aliphatic rings. The summed E-state index contributed by atoms with van der Waals surface area (Å²) in [4.78, 5) is 29.8. The number of benzene rings is 2. The van der Waals surface area contributed by atoms with Crippen LogP contribution in [0, 0.1) is 0 Å². The number of carbonyl (C=O) groups is 1. The van der Waals surface area contributed by atoms with Gasteiger partial charge in [-0.2, -0.15) is 5.10 Å². The van der Waals surface area contributed by atoms with Crippen molar-refractivity contribution in [3.05, 3.63) is 89.1 Å². The lowest BCUT2D eigenvalue weighted by atomic mass is 10.1. The Kier molecular flexibility index (Phi) is 7.32. The average Bonchev–Trinajstić information content (AvgIpc) is 3.56. The lowest BCUT2D eigenvalue weighted by Gasteiger charge is -2.38. The fourth-order valence-electron chi connectivity index (χ4n) is 4.42. The molecular weight excluding hydrogens is 557 g/mol. The minimum absolute atomic E-state index is 0.0163. The first-order valence-electron chi connectivity index (χ1n) is 12.2. The molecule has 5 aromatic rings. The SMILES string of the molecule is Cn1cc2cc(NC(=O)C(Cc3ccncc3)N3CON(c4cc(Cl)ccc4-n4cc(Cl)nn4)CO3)ccc2n1. The molecule has 0 spiro atoms. The Morgan fingerprint density at radius 2 is 1.88 bits per heavy atom. The molecule has 14 heteroatoms. The van der Waals surface area contributed by atoms with Crippen molar-refractivity contribution in [2.75, 3.05) is 23.8 Å². The maximum Gasteiger partial charge on any atom is 0.244 e. The average molecular weight is 580 g/mol. The summed E-state index contributed by atoms with van der Waals surface area (Å²) in [6.45, 7) is -0.0492. The number of anilines is 2. The second-order valence-corrected chi connectivity index (χ2v) is 9.90. The van der Waals surface area contributed by atoms with E-state index >= 15 is 0 Å². The maximum atomic E-state index is 13.6. The molecule has 0 saturated carbocycles. The third-order valence-electron chi connectivity index (χ3n) is 6.32. The minimum Gasteiger partial charge on any atom is -0.325 e. The van der Waals surface area contributed by atoms with Gasteiger partial charge in [0.2, 0.25) is 5.91 Å². The predicted octanol–water partition coefficient (Wildman–Crippen LogP) is 4.01. The van der Waals surface area contributed by atoms with Crippen LogP contribution in [-0.4, -0.2) is 60.2 Å². The molecule has 204 valence electrons. The van der Waals surface area contributed by atoms with Gasteiger partial charge in [0.15, 0.2) is 18.6 Å². The van der Waals surface area contributed by atoms with Crippen molar-refractivity contribution >= 4 is 51.4 Å². The first-order valence-corrected chi connectivity index (χ1v) is 13.0. The third-order valence-corrected chi connectivity index (χ3v) is 6.72. The molecule has 0 bridgehead atoms. The molecule has 40 heavy (non-hydrogen) atoms. The first-order chi connectivity index (χ1) is 19.4. The Hall–Kier alpha value is -4.07. The second kappa shape index (κ2) is 11.2. The van der Waals surface area contributed by atoms with Crippen LogP contribution >= 0.6 is 23.2 Å². The summed E-state index contributed by atoms with van der Waals surface area (Å²) in [6.07, 6.45) is 7.21. The zero-order valence-electron chi connectivity index (χ0n) is 21.2. The van der Waals surface area contributed by atoms with Gasteiger partial charge in [-0.3, -0.25) is 24.1 Å². The highest BCUT2D eigenvalue weighted by Crippen LogP contribution is 2.30. The lowest BCUT2D eigenvalue weighted by Crippen LogP contribution is -2.52. The number of carbonyl (C=O) groups excluding carboxylic acids is 1. The number of fused-ring (bicyclic) bond motifs is 1. The number of halogens is 2. The summed E-state index contributed by atoms with van der Waals surface area (Å²) in [7, 11) is 1.85. The monoisotopic (exact) mass is 579 g/mol. The number of hydrogen-bond donors (Lipinski definition) is 1. The summed E-state index contributed by atoms with van der Waals surface area (Å²) in [5.74, 6) is -0.252. The molecule has 1 N–H and O–H groups in total. The Morgan fingerprint density at radius 1 is 1.02 bits per heavy atom. The zero-order valence-corrected chi connectivity index (χ0v) is 22.7. The van der Waals surface area contributed by atoms with Crippen molar-refractivity contribution in [2.45, 2.75) is 12.5 Å². The quantitative estimate of drug-likeness (QED) is 0.305. The van der Waals surface area contributed by atoms with E-state index in [1.165, 1.54) is 14.8 Å². The maximum absolute atomic E-state index is 13.6. The molecule has 0 aliphatic carbocycles. The highest BCUT2D eigenvalue weighted by Gasteiger charge is 2.32. The Balaban J connectivity index is 1.22. The summed E-state index contributed by atoms with van der Waals surface area (Å²) < 4.78 is 3.25. The number of hydroxylamine groups is 3. The van der Waals surface area contributed by atoms with Crippen LogP contribution in [0.5, 0.6) is 0 Å². The highest BCUT2D eigenvalue weighted by atomic mass is 35.5. The van der Waals surface area contributed by atoms with Gasteiger partial charge < -0.3 is 5.32 Å². The number of hydrogen-bond acceptors (Lipinski definition) is 9. The molecule has 1 unspecified atom stereocenters. The number of amides is 1. The molecule has 3 aromatic heterocycles. The van der Waals surface area contributed by atoms with Crippen LogP contribution < -0.4 is 10.4 Å². The summed E-state index contributed by atoms with van der Waals surface area (Å²) >= 11 is 12.3. The van der Waals surface area contributed by atoms with Crippen molar-refractivity contribution < 1.29 is 14.5 Å². The molecule has 1 amide bonds. The van der Waals surface area contributed by atoms with Gasteiger partial charge in [-0.25, -0.2) is 9.75 Å². The zero-order chi connectivity index (χ0) is 27.6. The van der Waals surface area contributed by atoms with Crippen molar-refractivity contribution in [3.63, 3.8) is 0 Å². The van der Waals surface area contributed by atoms with Gasteiger partial charge in [-0.1, -0.05) is 28.4 Å². The predicted molar refractivity (Wildman–Crippen MR) is 149 cm³/mol. The fourth-order valence-corrected chi connectivity index (χ4v) is 4.71. The molecule has 1 aliphatic heterocycles.